The molecule has 0 bridgehead atoms. The zero-order valence-electron chi connectivity index (χ0n) is 11.9. The van der Waals surface area contributed by atoms with Gasteiger partial charge in [0.25, 0.3) is 0 Å². The van der Waals surface area contributed by atoms with E-state index >= 15 is 0 Å². The number of carbonyl (C=O) groups is 1. The second kappa shape index (κ2) is 5.33. The van der Waals surface area contributed by atoms with Crippen molar-refractivity contribution in [2.45, 2.75) is 45.8 Å². The Morgan fingerprint density at radius 3 is 2.53 bits per heavy atom. The number of benzene rings is 1. The summed E-state index contributed by atoms with van der Waals surface area (Å²) >= 11 is 0. The van der Waals surface area contributed by atoms with Gasteiger partial charge in [0.05, 0.1) is 12.1 Å². The molecular formula is C16H23NO2. The minimum Gasteiger partial charge on any atom is -0.391 e. The first kappa shape index (κ1) is 14.1. The number of nitrogens with one attached hydrogen (secondary N) is 1. The van der Waals surface area contributed by atoms with Crippen LogP contribution in [0, 0.1) is 11.3 Å². The van der Waals surface area contributed by atoms with Gasteiger partial charge in [0.2, 0.25) is 5.91 Å². The fourth-order valence-electron chi connectivity index (χ4n) is 2.37. The van der Waals surface area contributed by atoms with Gasteiger partial charge in [-0.1, -0.05) is 44.2 Å². The summed E-state index contributed by atoms with van der Waals surface area (Å²) in [6.07, 6.45) is 0.963. The molecule has 0 spiro atoms. The Morgan fingerprint density at radius 1 is 1.42 bits per heavy atom. The van der Waals surface area contributed by atoms with Crippen LogP contribution in [0.15, 0.2) is 30.3 Å². The molecule has 3 heteroatoms. The minimum atomic E-state index is -0.548. The van der Waals surface area contributed by atoms with Gasteiger partial charge in [-0.25, -0.2) is 0 Å². The van der Waals surface area contributed by atoms with E-state index in [1.165, 1.54) is 0 Å². The second-order valence-corrected chi connectivity index (χ2v) is 6.30. The minimum absolute atomic E-state index is 0.0737. The molecule has 0 heterocycles. The lowest BCUT2D eigenvalue weighted by molar-refractivity contribution is -0.124. The maximum Gasteiger partial charge on any atom is 0.223 e. The zero-order valence-corrected chi connectivity index (χ0v) is 11.9. The lowest BCUT2D eigenvalue weighted by Crippen LogP contribution is -2.43. The summed E-state index contributed by atoms with van der Waals surface area (Å²) in [7, 11) is 0. The quantitative estimate of drug-likeness (QED) is 0.853. The summed E-state index contributed by atoms with van der Waals surface area (Å²) < 4.78 is 0. The number of carbonyl (C=O) groups excluding carboxylic acids is 1. The molecule has 3 atom stereocenters. The van der Waals surface area contributed by atoms with Gasteiger partial charge in [0.15, 0.2) is 0 Å². The number of hydrogen-bond acceptors (Lipinski definition) is 2. The topological polar surface area (TPSA) is 49.3 Å². The molecule has 0 aliphatic heterocycles. The van der Waals surface area contributed by atoms with Crippen LogP contribution in [0.3, 0.4) is 0 Å². The Balaban J connectivity index is 1.83. The summed E-state index contributed by atoms with van der Waals surface area (Å²) in [6.45, 7) is 6.06. The third kappa shape index (κ3) is 3.57. The SMILES string of the molecule is CC(NC(=O)C1CC1(C)C)C(O)Cc1ccccc1. The zero-order chi connectivity index (χ0) is 14.0. The summed E-state index contributed by atoms with van der Waals surface area (Å²) in [4.78, 5) is 12.0. The largest absolute Gasteiger partial charge is 0.391 e. The predicted molar refractivity (Wildman–Crippen MR) is 75.6 cm³/mol. The van der Waals surface area contributed by atoms with Crippen molar-refractivity contribution >= 4 is 5.91 Å². The van der Waals surface area contributed by atoms with Crippen molar-refractivity contribution in [3.63, 3.8) is 0 Å². The third-order valence-corrected chi connectivity index (χ3v) is 4.06. The maximum atomic E-state index is 12.0. The Kier molecular flexibility index (Phi) is 3.95. The molecule has 104 valence electrons. The van der Waals surface area contributed by atoms with Gasteiger partial charge in [-0.3, -0.25) is 4.79 Å². The Morgan fingerprint density at radius 2 is 2.00 bits per heavy atom. The van der Waals surface area contributed by atoms with E-state index in [-0.39, 0.29) is 23.3 Å². The molecule has 2 N–H and O–H groups in total. The van der Waals surface area contributed by atoms with Gasteiger partial charge in [-0.15, -0.1) is 0 Å². The van der Waals surface area contributed by atoms with Crippen LogP contribution in [-0.2, 0) is 11.2 Å². The molecule has 1 aliphatic rings. The molecule has 1 aliphatic carbocycles. The molecule has 3 nitrogen and oxygen atoms in total. The smallest absolute Gasteiger partial charge is 0.223 e. The predicted octanol–water partition coefficient (Wildman–Crippen LogP) is 2.14. The lowest BCUT2D eigenvalue weighted by Gasteiger charge is -2.21. The van der Waals surface area contributed by atoms with Crippen LogP contribution >= 0.6 is 0 Å². The van der Waals surface area contributed by atoms with Crippen LogP contribution < -0.4 is 5.32 Å². The molecule has 1 saturated carbocycles. The first-order chi connectivity index (χ1) is 8.90. The van der Waals surface area contributed by atoms with Crippen molar-refractivity contribution in [3.05, 3.63) is 35.9 Å². The summed E-state index contributed by atoms with van der Waals surface area (Å²) in [5.41, 5.74) is 1.22. The summed E-state index contributed by atoms with van der Waals surface area (Å²) in [6, 6.07) is 9.62. The lowest BCUT2D eigenvalue weighted by atomic mass is 10.0. The van der Waals surface area contributed by atoms with Crippen LogP contribution in [0.4, 0.5) is 0 Å². The van der Waals surface area contributed by atoms with Crippen molar-refractivity contribution in [3.8, 4) is 0 Å². The number of amides is 1. The van der Waals surface area contributed by atoms with Crippen LogP contribution in [0.1, 0.15) is 32.8 Å². The normalized spacial score (nSPS) is 23.5. The van der Waals surface area contributed by atoms with Crippen LogP contribution in [0.25, 0.3) is 0 Å². The van der Waals surface area contributed by atoms with E-state index in [1.54, 1.807) is 0 Å². The van der Waals surface area contributed by atoms with Gasteiger partial charge < -0.3 is 10.4 Å². The van der Waals surface area contributed by atoms with Gasteiger partial charge in [0, 0.05) is 12.3 Å². The fraction of sp³-hybridized carbons (Fsp3) is 0.562. The monoisotopic (exact) mass is 261 g/mol. The van der Waals surface area contributed by atoms with Crippen molar-refractivity contribution < 1.29 is 9.90 Å². The Labute approximate surface area is 115 Å². The first-order valence-corrected chi connectivity index (χ1v) is 6.92. The van der Waals surface area contributed by atoms with E-state index < -0.39 is 6.10 Å². The van der Waals surface area contributed by atoms with E-state index in [9.17, 15) is 9.90 Å². The van der Waals surface area contributed by atoms with Gasteiger partial charge >= 0.3 is 0 Å². The number of hydrogen-bond donors (Lipinski definition) is 2. The second-order valence-electron chi connectivity index (χ2n) is 6.30. The highest BCUT2D eigenvalue weighted by atomic mass is 16.3. The number of rotatable bonds is 5. The van der Waals surface area contributed by atoms with E-state index in [4.69, 9.17) is 0 Å². The molecule has 2 rings (SSSR count). The molecular weight excluding hydrogens is 238 g/mol. The van der Waals surface area contributed by atoms with Crippen LogP contribution in [0.5, 0.6) is 0 Å². The van der Waals surface area contributed by atoms with E-state index in [0.717, 1.165) is 12.0 Å². The molecule has 0 aromatic heterocycles. The molecule has 0 saturated heterocycles. The maximum absolute atomic E-state index is 12.0. The van der Waals surface area contributed by atoms with E-state index in [1.807, 2.05) is 37.3 Å². The molecule has 1 fully saturated rings. The highest BCUT2D eigenvalue weighted by molar-refractivity contribution is 5.82. The van der Waals surface area contributed by atoms with Crippen molar-refractivity contribution in [2.75, 3.05) is 0 Å². The molecule has 19 heavy (non-hydrogen) atoms. The van der Waals surface area contributed by atoms with Crippen molar-refractivity contribution in [1.82, 2.24) is 5.32 Å². The van der Waals surface area contributed by atoms with Crippen LogP contribution in [0.2, 0.25) is 0 Å². The molecule has 3 unspecified atom stereocenters. The molecule has 1 amide bonds. The Hall–Kier alpha value is -1.35. The van der Waals surface area contributed by atoms with Crippen LogP contribution in [-0.4, -0.2) is 23.2 Å². The van der Waals surface area contributed by atoms with E-state index in [2.05, 4.69) is 19.2 Å². The van der Waals surface area contributed by atoms with Gasteiger partial charge in [-0.05, 0) is 24.3 Å². The average molecular weight is 261 g/mol. The van der Waals surface area contributed by atoms with Crippen molar-refractivity contribution in [2.24, 2.45) is 11.3 Å². The average Bonchev–Trinajstić information content (AvgIpc) is 3.00. The van der Waals surface area contributed by atoms with Gasteiger partial charge in [0.1, 0.15) is 0 Å². The van der Waals surface area contributed by atoms with Crippen molar-refractivity contribution in [1.29, 1.82) is 0 Å². The third-order valence-electron chi connectivity index (χ3n) is 4.06. The highest BCUT2D eigenvalue weighted by Crippen LogP contribution is 2.51. The van der Waals surface area contributed by atoms with Gasteiger partial charge in [-0.2, -0.15) is 0 Å². The van der Waals surface area contributed by atoms with E-state index in [0.29, 0.717) is 6.42 Å². The molecule has 1 aromatic rings. The first-order valence-electron chi connectivity index (χ1n) is 6.92. The fourth-order valence-corrected chi connectivity index (χ4v) is 2.37. The summed E-state index contributed by atoms with van der Waals surface area (Å²) in [5.74, 6) is 0.184. The molecule has 1 aromatic carbocycles. The highest BCUT2D eigenvalue weighted by Gasteiger charge is 2.50. The summed E-state index contributed by atoms with van der Waals surface area (Å²) in [5, 5.41) is 13.1. The number of aliphatic hydroxyl groups excluding tert-OH is 1. The number of aliphatic hydroxyl groups is 1. The standard InChI is InChI=1S/C16H23NO2/c1-11(17-15(19)13-10-16(13,2)3)14(18)9-12-7-5-4-6-8-12/h4-8,11,13-14,18H,9-10H2,1-3H3,(H,17,19). The molecule has 0 radical (unpaired) electrons. The Bertz CT molecular complexity index is 441.